The first kappa shape index (κ1) is 18.0. The quantitative estimate of drug-likeness (QED) is 0.872. The number of aryl methyl sites for hydroxylation is 1. The van der Waals surface area contributed by atoms with Crippen molar-refractivity contribution in [3.63, 3.8) is 0 Å². The van der Waals surface area contributed by atoms with Gasteiger partial charge in [0.15, 0.2) is 0 Å². The Morgan fingerprint density at radius 2 is 1.75 bits per heavy atom. The number of hydrogen-bond acceptors (Lipinski definition) is 2. The van der Waals surface area contributed by atoms with E-state index in [0.717, 1.165) is 11.1 Å². The molecule has 0 bridgehead atoms. The van der Waals surface area contributed by atoms with Crippen LogP contribution in [0, 0.1) is 6.92 Å². The largest absolute Gasteiger partial charge is 0.352 e. The molecule has 1 N–H and O–H groups in total. The molecule has 0 aliphatic heterocycles. The summed E-state index contributed by atoms with van der Waals surface area (Å²) >= 11 is 6.11. The van der Waals surface area contributed by atoms with E-state index in [0.29, 0.717) is 23.7 Å². The zero-order valence-corrected chi connectivity index (χ0v) is 14.6. The second kappa shape index (κ2) is 8.50. The number of amides is 2. The highest BCUT2D eigenvalue weighted by Crippen LogP contribution is 2.16. The topological polar surface area (TPSA) is 49.4 Å². The summed E-state index contributed by atoms with van der Waals surface area (Å²) in [4.78, 5) is 25.9. The summed E-state index contributed by atoms with van der Waals surface area (Å²) < 4.78 is 0. The molecule has 0 heterocycles. The minimum Gasteiger partial charge on any atom is -0.352 e. The van der Waals surface area contributed by atoms with E-state index in [9.17, 15) is 9.59 Å². The Labute approximate surface area is 147 Å². The molecule has 4 nitrogen and oxygen atoms in total. The van der Waals surface area contributed by atoms with E-state index >= 15 is 0 Å². The Balaban J connectivity index is 1.82. The van der Waals surface area contributed by atoms with Gasteiger partial charge in [-0.05, 0) is 30.2 Å². The lowest BCUT2D eigenvalue weighted by Gasteiger charge is -2.18. The summed E-state index contributed by atoms with van der Waals surface area (Å²) in [5, 5.41) is 3.43. The van der Waals surface area contributed by atoms with E-state index < -0.39 is 0 Å². The lowest BCUT2D eigenvalue weighted by atomic mass is 10.1. The van der Waals surface area contributed by atoms with Gasteiger partial charge in [-0.1, -0.05) is 48.0 Å². The molecule has 5 heteroatoms. The van der Waals surface area contributed by atoms with Gasteiger partial charge >= 0.3 is 0 Å². The molecule has 0 fully saturated rings. The molecule has 0 aliphatic carbocycles. The Hall–Kier alpha value is -2.33. The zero-order chi connectivity index (χ0) is 17.5. The Kier molecular flexibility index (Phi) is 6.38. The van der Waals surface area contributed by atoms with Gasteiger partial charge < -0.3 is 10.2 Å². The molecule has 2 amide bonds. The van der Waals surface area contributed by atoms with Crippen molar-refractivity contribution in [2.45, 2.75) is 19.9 Å². The van der Waals surface area contributed by atoms with E-state index in [1.54, 1.807) is 24.1 Å². The molecule has 2 rings (SSSR count). The van der Waals surface area contributed by atoms with Crippen molar-refractivity contribution in [1.82, 2.24) is 10.2 Å². The maximum absolute atomic E-state index is 12.2. The van der Waals surface area contributed by atoms with Crippen LogP contribution in [0.1, 0.15) is 27.9 Å². The summed E-state index contributed by atoms with van der Waals surface area (Å²) in [7, 11) is 1.73. The van der Waals surface area contributed by atoms with Crippen LogP contribution in [0.15, 0.2) is 48.5 Å². The van der Waals surface area contributed by atoms with Crippen molar-refractivity contribution < 1.29 is 9.59 Å². The SMILES string of the molecule is Cc1ccccc1C(=O)NCCC(=O)N(C)Cc1ccccc1Cl. The number of carbonyl (C=O) groups is 2. The molecular weight excluding hydrogens is 324 g/mol. The molecule has 0 radical (unpaired) electrons. The number of rotatable bonds is 6. The van der Waals surface area contributed by atoms with Crippen molar-refractivity contribution in [2.75, 3.05) is 13.6 Å². The number of halogens is 1. The molecule has 0 unspecified atom stereocenters. The molecular formula is C19H21ClN2O2. The molecule has 2 aromatic rings. The van der Waals surface area contributed by atoms with Crippen LogP contribution in [-0.2, 0) is 11.3 Å². The summed E-state index contributed by atoms with van der Waals surface area (Å²) in [5.41, 5.74) is 2.45. The van der Waals surface area contributed by atoms with Gasteiger partial charge in [0.2, 0.25) is 5.91 Å². The van der Waals surface area contributed by atoms with Gasteiger partial charge in [-0.15, -0.1) is 0 Å². The fraction of sp³-hybridized carbons (Fsp3) is 0.263. The van der Waals surface area contributed by atoms with Gasteiger partial charge in [-0.2, -0.15) is 0 Å². The summed E-state index contributed by atoms with van der Waals surface area (Å²) in [6.07, 6.45) is 0.249. The van der Waals surface area contributed by atoms with Gasteiger partial charge in [-0.3, -0.25) is 9.59 Å². The van der Waals surface area contributed by atoms with Crippen LogP contribution in [0.25, 0.3) is 0 Å². The highest BCUT2D eigenvalue weighted by molar-refractivity contribution is 6.31. The van der Waals surface area contributed by atoms with E-state index in [1.165, 1.54) is 0 Å². The highest BCUT2D eigenvalue weighted by atomic mass is 35.5. The molecule has 0 aromatic heterocycles. The van der Waals surface area contributed by atoms with Gasteiger partial charge in [0.1, 0.15) is 0 Å². The third kappa shape index (κ3) is 4.83. The van der Waals surface area contributed by atoms with Crippen LogP contribution in [-0.4, -0.2) is 30.3 Å². The van der Waals surface area contributed by atoms with Crippen molar-refractivity contribution >= 4 is 23.4 Å². The first-order valence-corrected chi connectivity index (χ1v) is 8.18. The van der Waals surface area contributed by atoms with Crippen molar-refractivity contribution in [3.05, 3.63) is 70.2 Å². The van der Waals surface area contributed by atoms with Crippen molar-refractivity contribution in [3.8, 4) is 0 Å². The smallest absolute Gasteiger partial charge is 0.251 e. The van der Waals surface area contributed by atoms with Crippen LogP contribution in [0.5, 0.6) is 0 Å². The lowest BCUT2D eigenvalue weighted by molar-refractivity contribution is -0.130. The fourth-order valence-electron chi connectivity index (χ4n) is 2.37. The molecule has 0 saturated heterocycles. The minimum absolute atomic E-state index is 0.0417. The Morgan fingerprint density at radius 1 is 1.08 bits per heavy atom. The van der Waals surface area contributed by atoms with Crippen LogP contribution >= 0.6 is 11.6 Å². The molecule has 0 atom stereocenters. The van der Waals surface area contributed by atoms with E-state index in [2.05, 4.69) is 5.32 Å². The lowest BCUT2D eigenvalue weighted by Crippen LogP contribution is -2.32. The van der Waals surface area contributed by atoms with Crippen molar-refractivity contribution in [1.29, 1.82) is 0 Å². The van der Waals surface area contributed by atoms with E-state index in [1.807, 2.05) is 43.3 Å². The monoisotopic (exact) mass is 344 g/mol. The third-order valence-corrected chi connectivity index (χ3v) is 4.17. The Morgan fingerprint density at radius 3 is 2.46 bits per heavy atom. The first-order chi connectivity index (χ1) is 11.5. The predicted octanol–water partition coefficient (Wildman–Crippen LogP) is 3.43. The third-order valence-electron chi connectivity index (χ3n) is 3.81. The first-order valence-electron chi connectivity index (χ1n) is 7.80. The van der Waals surface area contributed by atoms with Gasteiger partial charge in [-0.25, -0.2) is 0 Å². The number of hydrogen-bond donors (Lipinski definition) is 1. The minimum atomic E-state index is -0.158. The number of nitrogens with zero attached hydrogens (tertiary/aromatic N) is 1. The van der Waals surface area contributed by atoms with Gasteiger partial charge in [0, 0.05) is 37.1 Å². The standard InChI is InChI=1S/C19H21ClN2O2/c1-14-7-3-5-9-16(14)19(24)21-12-11-18(23)22(2)13-15-8-4-6-10-17(15)20/h3-10H,11-13H2,1-2H3,(H,21,24). The molecule has 0 saturated carbocycles. The second-order valence-electron chi connectivity index (χ2n) is 5.66. The number of benzene rings is 2. The second-order valence-corrected chi connectivity index (χ2v) is 6.07. The van der Waals surface area contributed by atoms with Crippen LogP contribution in [0.2, 0.25) is 5.02 Å². The van der Waals surface area contributed by atoms with Gasteiger partial charge in [0.05, 0.1) is 0 Å². The average Bonchev–Trinajstić information content (AvgIpc) is 2.57. The van der Waals surface area contributed by atoms with Gasteiger partial charge in [0.25, 0.3) is 5.91 Å². The van der Waals surface area contributed by atoms with Crippen LogP contribution < -0.4 is 5.32 Å². The summed E-state index contributed by atoms with van der Waals surface area (Å²) in [5.74, 6) is -0.199. The Bertz CT molecular complexity index is 731. The predicted molar refractivity (Wildman–Crippen MR) is 96.1 cm³/mol. The van der Waals surface area contributed by atoms with Crippen LogP contribution in [0.4, 0.5) is 0 Å². The number of carbonyl (C=O) groups excluding carboxylic acids is 2. The summed E-state index contributed by atoms with van der Waals surface area (Å²) in [6, 6.07) is 14.8. The molecule has 24 heavy (non-hydrogen) atoms. The van der Waals surface area contributed by atoms with E-state index in [-0.39, 0.29) is 18.2 Å². The average molecular weight is 345 g/mol. The fourth-order valence-corrected chi connectivity index (χ4v) is 2.56. The maximum atomic E-state index is 12.2. The molecule has 0 aliphatic rings. The summed E-state index contributed by atoms with van der Waals surface area (Å²) in [6.45, 7) is 2.64. The normalized spacial score (nSPS) is 10.3. The molecule has 126 valence electrons. The van der Waals surface area contributed by atoms with E-state index in [4.69, 9.17) is 11.6 Å². The van der Waals surface area contributed by atoms with Crippen molar-refractivity contribution in [2.24, 2.45) is 0 Å². The maximum Gasteiger partial charge on any atom is 0.251 e. The highest BCUT2D eigenvalue weighted by Gasteiger charge is 2.12. The van der Waals surface area contributed by atoms with Crippen LogP contribution in [0.3, 0.4) is 0 Å². The zero-order valence-electron chi connectivity index (χ0n) is 13.9. The molecule has 0 spiro atoms. The molecule has 2 aromatic carbocycles. The number of nitrogens with one attached hydrogen (secondary N) is 1.